The second-order valence-electron chi connectivity index (χ2n) is 34.6. The molecule has 636 valence electrons. The first kappa shape index (κ1) is 85.7. The van der Waals surface area contributed by atoms with Crippen LogP contribution in [-0.4, -0.2) is 15.0 Å². The monoisotopic (exact) mass is 1760 g/mol. The maximum atomic E-state index is 15.1. The Morgan fingerprint density at radius 2 is 0.545 bits per heavy atom. The highest BCUT2D eigenvalue weighted by molar-refractivity contribution is 7.86. The van der Waals surface area contributed by atoms with Gasteiger partial charge in [-0.05, 0) is 189 Å². The molecule has 3 aliphatic rings. The van der Waals surface area contributed by atoms with E-state index in [0.29, 0.717) is 44.1 Å². The highest BCUT2D eigenvalue weighted by atomic mass is 31.2. The van der Waals surface area contributed by atoms with E-state index in [9.17, 15) is 0 Å². The van der Waals surface area contributed by atoms with E-state index in [2.05, 4.69) is 245 Å². The molecule has 1 unspecified atom stereocenters. The standard InChI is InChI=1S/3C39H30N3OP/c1-39(2)35-18-10-12-20-37(35)42(38-21-13-11-19-36(38)39)31-23-28(22-30(25-31)40-3)29-24-34(27-41-26-29)44(43,32-14-6-4-7-15-32)33-16-8-5-9-17-33;1-39(2)34-18-10-12-20-37(34)42(38-21-13-11-19-35(38)39)30-25-28(24-29(26-30)40-3)36-27-33(22-23-41-36)44(43,31-14-6-4-7-15-31)32-16-8-5-9-17-32;1-39(2)34-18-7-9-20-36(34)42(37-21-10-8-19-35(37)39)31-25-29(24-30(27-31)40-3)28-14-13-17-33(26-28)44(43,32-15-5-4-6-16-32)38-22-11-12-23-41-38/h3*4-27H,1-2H3. The predicted molar refractivity (Wildman–Crippen MR) is 546 cm³/mol. The van der Waals surface area contributed by atoms with Crippen molar-refractivity contribution in [3.05, 3.63) is 505 Å². The molecule has 21 rings (SSSR count). The largest absolute Gasteiger partial charge is 0.311 e. The van der Waals surface area contributed by atoms with Gasteiger partial charge in [0, 0.05) is 101 Å². The first-order chi connectivity index (χ1) is 64.2. The summed E-state index contributed by atoms with van der Waals surface area (Å²) >= 11 is 0. The third-order valence-electron chi connectivity index (χ3n) is 25.7. The molecule has 1 atom stereocenters. The lowest BCUT2D eigenvalue weighted by molar-refractivity contribution is 0.591. The van der Waals surface area contributed by atoms with Crippen LogP contribution < -0.4 is 62.6 Å². The highest BCUT2D eigenvalue weighted by Crippen LogP contribution is 2.58. The molecular formula is C117H90N9O3P3. The summed E-state index contributed by atoms with van der Waals surface area (Å²) < 4.78 is 45.2. The summed E-state index contributed by atoms with van der Waals surface area (Å²) in [6.45, 7) is 37.5. The van der Waals surface area contributed by atoms with Gasteiger partial charge in [0.15, 0.2) is 38.5 Å². The van der Waals surface area contributed by atoms with Crippen LogP contribution in [0.2, 0.25) is 0 Å². The molecule has 0 fully saturated rings. The summed E-state index contributed by atoms with van der Waals surface area (Å²) in [7, 11) is -9.67. The molecule has 0 aliphatic carbocycles. The Morgan fingerprint density at radius 1 is 0.242 bits per heavy atom. The van der Waals surface area contributed by atoms with Gasteiger partial charge in [0.05, 0.1) is 59.5 Å². The van der Waals surface area contributed by atoms with Gasteiger partial charge in [0.25, 0.3) is 0 Å². The van der Waals surface area contributed by atoms with Crippen LogP contribution in [0.5, 0.6) is 0 Å². The van der Waals surface area contributed by atoms with Crippen molar-refractivity contribution >= 4 is 138 Å². The molecule has 0 radical (unpaired) electrons. The van der Waals surface area contributed by atoms with Gasteiger partial charge in [0.2, 0.25) is 0 Å². The molecule has 0 N–H and O–H groups in total. The highest BCUT2D eigenvalue weighted by Gasteiger charge is 2.42. The van der Waals surface area contributed by atoms with Crippen LogP contribution >= 0.6 is 21.4 Å². The maximum Gasteiger partial charge on any atom is 0.189 e. The normalized spacial score (nSPS) is 13.8. The Kier molecular flexibility index (Phi) is 23.0. The molecule has 0 bridgehead atoms. The molecule has 0 amide bonds. The zero-order chi connectivity index (χ0) is 90.9. The SMILES string of the molecule is [C-]#[N+]c1cc(-c2cc(P(=O)(c3ccccc3)c3ccccc3)ccn2)cc(N2c3ccccc3C(C)(C)c3ccccc32)c1.[C-]#[N+]c1cc(-c2cccc(P(=O)(c3ccccc3)c3ccccn3)c2)cc(N2c3ccccc3C(C)(C)c3ccccc32)c1.[C-]#[N+]c1cc(-c2cncc(P(=O)(c3ccccc3)c3ccccc3)c2)cc(N2c3ccccc3C(C)(C)c3ccccc32)c1. The lowest BCUT2D eigenvalue weighted by atomic mass is 9.73. The second-order valence-corrected chi connectivity index (χ2v) is 42.9. The molecule has 132 heavy (non-hydrogen) atoms. The zero-order valence-corrected chi connectivity index (χ0v) is 76.3. The number of para-hydroxylation sites is 6. The predicted octanol–water partition coefficient (Wildman–Crippen LogP) is 27.1. The third-order valence-corrected chi connectivity index (χ3v) is 34.7. The van der Waals surface area contributed by atoms with E-state index < -0.39 is 21.4 Å². The minimum absolute atomic E-state index is 0.178. The van der Waals surface area contributed by atoms with E-state index in [1.54, 1.807) is 24.8 Å². The number of rotatable bonds is 15. The smallest absolute Gasteiger partial charge is 0.189 e. The van der Waals surface area contributed by atoms with Crippen molar-refractivity contribution in [1.82, 2.24) is 15.0 Å². The van der Waals surface area contributed by atoms with Gasteiger partial charge in [-0.2, -0.15) is 0 Å². The van der Waals surface area contributed by atoms with Crippen LogP contribution in [0.15, 0.2) is 437 Å². The van der Waals surface area contributed by atoms with Crippen LogP contribution in [0, 0.1) is 19.7 Å². The van der Waals surface area contributed by atoms with Gasteiger partial charge >= 0.3 is 0 Å². The minimum Gasteiger partial charge on any atom is -0.311 e. The fourth-order valence-corrected chi connectivity index (χ4v) is 27.0. The maximum absolute atomic E-state index is 15.1. The fraction of sp³-hybridized carbons (Fsp3) is 0.0769. The number of benzene rings is 15. The number of aromatic nitrogens is 3. The zero-order valence-electron chi connectivity index (χ0n) is 73.7. The molecule has 15 aromatic carbocycles. The van der Waals surface area contributed by atoms with Crippen LogP contribution in [0.25, 0.3) is 48.0 Å². The summed E-state index contributed by atoms with van der Waals surface area (Å²) in [5.41, 5.74) is 23.1. The molecule has 0 saturated carbocycles. The molecule has 12 nitrogen and oxygen atoms in total. The van der Waals surface area contributed by atoms with Crippen molar-refractivity contribution < 1.29 is 13.7 Å². The first-order valence-electron chi connectivity index (χ1n) is 43.8. The topological polar surface area (TPSA) is 113 Å². The fourth-order valence-electron chi connectivity index (χ4n) is 19.1. The van der Waals surface area contributed by atoms with E-state index in [0.717, 1.165) is 106 Å². The van der Waals surface area contributed by atoms with Gasteiger partial charge in [-0.1, -0.05) is 327 Å². The van der Waals surface area contributed by atoms with Gasteiger partial charge in [-0.25, -0.2) is 14.5 Å². The average molecular weight is 1760 g/mol. The Labute approximate surface area is 771 Å². The van der Waals surface area contributed by atoms with Crippen LogP contribution in [0.4, 0.5) is 68.2 Å². The molecule has 3 aromatic heterocycles. The quantitative estimate of drug-likeness (QED) is 0.0731. The molecule has 0 saturated heterocycles. The van der Waals surface area contributed by atoms with E-state index in [1.807, 2.05) is 249 Å². The second kappa shape index (κ2) is 35.4. The van der Waals surface area contributed by atoms with E-state index in [4.69, 9.17) is 24.7 Å². The number of anilines is 9. The molecule has 6 heterocycles. The van der Waals surface area contributed by atoms with Crippen LogP contribution in [0.3, 0.4) is 0 Å². The Morgan fingerprint density at radius 3 is 0.909 bits per heavy atom. The molecule has 15 heteroatoms. The van der Waals surface area contributed by atoms with Gasteiger partial charge in [-0.3, -0.25) is 15.0 Å². The first-order valence-corrected chi connectivity index (χ1v) is 48.9. The van der Waals surface area contributed by atoms with Crippen molar-refractivity contribution in [2.45, 2.75) is 57.8 Å². The van der Waals surface area contributed by atoms with E-state index >= 15 is 13.7 Å². The van der Waals surface area contributed by atoms with Crippen molar-refractivity contribution in [2.75, 3.05) is 14.7 Å². The van der Waals surface area contributed by atoms with Crippen LogP contribution in [-0.2, 0) is 29.9 Å². The molecule has 18 aromatic rings. The number of hydrogen-bond acceptors (Lipinski definition) is 9. The molecule has 0 spiro atoms. The summed E-state index contributed by atoms with van der Waals surface area (Å²) in [5, 5.41) is 5.82. The van der Waals surface area contributed by atoms with E-state index in [-0.39, 0.29) is 16.2 Å². The third kappa shape index (κ3) is 15.4. The van der Waals surface area contributed by atoms with E-state index in [1.165, 1.54) is 33.4 Å². The Hall–Kier alpha value is -15.7. The summed E-state index contributed by atoms with van der Waals surface area (Å²) in [6, 6.07) is 136. The molecule has 3 aliphatic heterocycles. The van der Waals surface area contributed by atoms with Crippen molar-refractivity contribution in [3.63, 3.8) is 0 Å². The van der Waals surface area contributed by atoms with Crippen molar-refractivity contribution in [2.24, 2.45) is 0 Å². The number of pyridine rings is 3. The number of hydrogen-bond donors (Lipinski definition) is 0. The summed E-state index contributed by atoms with van der Waals surface area (Å²) in [5.74, 6) is 0. The van der Waals surface area contributed by atoms with Crippen molar-refractivity contribution in [3.8, 4) is 33.5 Å². The number of nitrogens with zero attached hydrogens (tertiary/aromatic N) is 9. The summed E-state index contributed by atoms with van der Waals surface area (Å²) in [6.07, 6.45) is 6.91. The lowest BCUT2D eigenvalue weighted by Gasteiger charge is -2.42. The van der Waals surface area contributed by atoms with Gasteiger partial charge < -0.3 is 28.4 Å². The van der Waals surface area contributed by atoms with Crippen molar-refractivity contribution in [1.29, 1.82) is 0 Å². The van der Waals surface area contributed by atoms with Gasteiger partial charge in [0.1, 0.15) is 5.44 Å². The average Bonchev–Trinajstić information content (AvgIpc) is 0.700. The molecular weight excluding hydrogens is 1670 g/mol. The number of fused-ring (bicyclic) bond motifs is 6. The Balaban J connectivity index is 0.000000128. The minimum atomic E-state index is -3.26. The van der Waals surface area contributed by atoms with Gasteiger partial charge in [-0.15, -0.1) is 0 Å². The lowest BCUT2D eigenvalue weighted by Crippen LogP contribution is -2.30. The summed E-state index contributed by atoms with van der Waals surface area (Å²) in [4.78, 5) is 32.3. The Bertz CT molecular complexity index is 6740. The van der Waals surface area contributed by atoms with Crippen LogP contribution in [0.1, 0.15) is 74.9 Å².